The molecule has 0 spiro atoms. The molecule has 1 fully saturated rings. The standard InChI is InChI=1S/C17H19N5O2/c1-24-15-4-2-3-14(7-15)22-10-16(20-12-22)17(23)19-8-13-5-6-21(9-13)11-18/h2-4,7,10,12-13H,5-6,8-9H2,1H3,(H,19,23)/t13-/m1/s1. The van der Waals surface area contributed by atoms with Crippen LogP contribution in [0.5, 0.6) is 5.75 Å². The summed E-state index contributed by atoms with van der Waals surface area (Å²) in [5, 5.41) is 11.8. The van der Waals surface area contributed by atoms with Crippen molar-refractivity contribution in [1.29, 1.82) is 5.26 Å². The van der Waals surface area contributed by atoms with E-state index >= 15 is 0 Å². The SMILES string of the molecule is COc1cccc(-n2cnc(C(=O)NC[C@H]3CCN(C#N)C3)c2)c1. The van der Waals surface area contributed by atoms with E-state index in [1.54, 1.807) is 29.1 Å². The number of imidazole rings is 1. The van der Waals surface area contributed by atoms with E-state index in [1.807, 2.05) is 24.3 Å². The van der Waals surface area contributed by atoms with Crippen molar-refractivity contribution in [1.82, 2.24) is 19.8 Å². The number of aromatic nitrogens is 2. The molecule has 24 heavy (non-hydrogen) atoms. The number of rotatable bonds is 5. The molecule has 7 nitrogen and oxygen atoms in total. The predicted octanol–water partition coefficient (Wildman–Crippen LogP) is 1.41. The summed E-state index contributed by atoms with van der Waals surface area (Å²) >= 11 is 0. The van der Waals surface area contributed by atoms with E-state index < -0.39 is 0 Å². The highest BCUT2D eigenvalue weighted by atomic mass is 16.5. The molecule has 0 radical (unpaired) electrons. The van der Waals surface area contributed by atoms with E-state index in [-0.39, 0.29) is 5.91 Å². The molecule has 7 heteroatoms. The van der Waals surface area contributed by atoms with Crippen molar-refractivity contribution < 1.29 is 9.53 Å². The minimum atomic E-state index is -0.202. The first-order chi connectivity index (χ1) is 11.7. The van der Waals surface area contributed by atoms with Gasteiger partial charge in [-0.15, -0.1) is 0 Å². The van der Waals surface area contributed by atoms with Gasteiger partial charge >= 0.3 is 0 Å². The van der Waals surface area contributed by atoms with Crippen molar-refractivity contribution in [3.63, 3.8) is 0 Å². The van der Waals surface area contributed by atoms with Crippen molar-refractivity contribution in [2.24, 2.45) is 5.92 Å². The lowest BCUT2D eigenvalue weighted by Gasteiger charge is -2.10. The number of ether oxygens (including phenoxy) is 1. The molecule has 0 bridgehead atoms. The maximum Gasteiger partial charge on any atom is 0.271 e. The highest BCUT2D eigenvalue weighted by molar-refractivity contribution is 5.92. The average Bonchev–Trinajstić information content (AvgIpc) is 3.29. The summed E-state index contributed by atoms with van der Waals surface area (Å²) < 4.78 is 6.99. The maximum absolute atomic E-state index is 12.2. The Hall–Kier alpha value is -3.01. The molecule has 2 heterocycles. The van der Waals surface area contributed by atoms with Gasteiger partial charge in [0.2, 0.25) is 0 Å². The van der Waals surface area contributed by atoms with Crippen LogP contribution in [0.4, 0.5) is 0 Å². The number of likely N-dealkylation sites (tertiary alicyclic amines) is 1. The van der Waals surface area contributed by atoms with E-state index in [1.165, 1.54) is 0 Å². The summed E-state index contributed by atoms with van der Waals surface area (Å²) in [5.41, 5.74) is 1.24. The number of carbonyl (C=O) groups excluding carboxylic acids is 1. The Morgan fingerprint density at radius 3 is 3.17 bits per heavy atom. The van der Waals surface area contributed by atoms with Crippen LogP contribution < -0.4 is 10.1 Å². The normalized spacial score (nSPS) is 16.7. The molecule has 1 atom stereocenters. The summed E-state index contributed by atoms with van der Waals surface area (Å²) in [4.78, 5) is 18.1. The first-order valence-corrected chi connectivity index (χ1v) is 7.81. The number of nitriles is 1. The van der Waals surface area contributed by atoms with Crippen LogP contribution in [-0.4, -0.2) is 47.1 Å². The second-order valence-electron chi connectivity index (χ2n) is 5.78. The predicted molar refractivity (Wildman–Crippen MR) is 87.7 cm³/mol. The Bertz CT molecular complexity index is 764. The van der Waals surface area contributed by atoms with Crippen LogP contribution in [0.15, 0.2) is 36.8 Å². The summed E-state index contributed by atoms with van der Waals surface area (Å²) in [5.74, 6) is 0.858. The quantitative estimate of drug-likeness (QED) is 0.841. The number of benzene rings is 1. The highest BCUT2D eigenvalue weighted by Crippen LogP contribution is 2.17. The highest BCUT2D eigenvalue weighted by Gasteiger charge is 2.22. The van der Waals surface area contributed by atoms with Crippen LogP contribution in [0.3, 0.4) is 0 Å². The van der Waals surface area contributed by atoms with E-state index in [2.05, 4.69) is 16.5 Å². The molecule has 124 valence electrons. The average molecular weight is 325 g/mol. The Morgan fingerprint density at radius 1 is 1.54 bits per heavy atom. The van der Waals surface area contributed by atoms with Gasteiger partial charge in [0, 0.05) is 31.9 Å². The third kappa shape index (κ3) is 3.49. The zero-order valence-electron chi connectivity index (χ0n) is 13.5. The van der Waals surface area contributed by atoms with E-state index in [0.717, 1.165) is 24.4 Å². The molecule has 2 aromatic rings. The molecule has 0 saturated carbocycles. The lowest BCUT2D eigenvalue weighted by atomic mass is 10.1. The summed E-state index contributed by atoms with van der Waals surface area (Å²) in [7, 11) is 1.61. The second kappa shape index (κ2) is 7.04. The van der Waals surface area contributed by atoms with E-state index in [9.17, 15) is 4.79 Å². The van der Waals surface area contributed by atoms with Crippen molar-refractivity contribution in [3.05, 3.63) is 42.5 Å². The van der Waals surface area contributed by atoms with Crippen LogP contribution in [0.2, 0.25) is 0 Å². The van der Waals surface area contributed by atoms with Crippen molar-refractivity contribution in [2.45, 2.75) is 6.42 Å². The summed E-state index contributed by atoms with van der Waals surface area (Å²) in [6.07, 6.45) is 6.36. The van der Waals surface area contributed by atoms with Crippen molar-refractivity contribution >= 4 is 5.91 Å². The molecular formula is C17H19N5O2. The van der Waals surface area contributed by atoms with Gasteiger partial charge in [-0.2, -0.15) is 5.26 Å². The third-order valence-corrected chi connectivity index (χ3v) is 4.15. The lowest BCUT2D eigenvalue weighted by Crippen LogP contribution is -2.30. The minimum Gasteiger partial charge on any atom is -0.497 e. The molecule has 1 amide bonds. The first-order valence-electron chi connectivity index (χ1n) is 7.81. The van der Waals surface area contributed by atoms with E-state index in [0.29, 0.717) is 24.7 Å². The number of amides is 1. The Labute approximate surface area is 140 Å². The van der Waals surface area contributed by atoms with Gasteiger partial charge in [0.15, 0.2) is 6.19 Å². The van der Waals surface area contributed by atoms with Crippen LogP contribution in [0.1, 0.15) is 16.9 Å². The van der Waals surface area contributed by atoms with Gasteiger partial charge in [0.25, 0.3) is 5.91 Å². The molecule has 1 saturated heterocycles. The van der Waals surface area contributed by atoms with Gasteiger partial charge in [0.1, 0.15) is 17.8 Å². The zero-order chi connectivity index (χ0) is 16.9. The molecule has 1 aromatic carbocycles. The van der Waals surface area contributed by atoms with Crippen LogP contribution >= 0.6 is 0 Å². The van der Waals surface area contributed by atoms with Crippen molar-refractivity contribution in [2.75, 3.05) is 26.7 Å². The Morgan fingerprint density at radius 2 is 2.42 bits per heavy atom. The molecule has 1 aliphatic heterocycles. The fourth-order valence-electron chi connectivity index (χ4n) is 2.77. The van der Waals surface area contributed by atoms with Crippen LogP contribution in [0, 0.1) is 17.4 Å². The number of nitrogens with one attached hydrogen (secondary N) is 1. The molecule has 3 rings (SSSR count). The molecular weight excluding hydrogens is 306 g/mol. The maximum atomic E-state index is 12.2. The molecule has 1 N–H and O–H groups in total. The number of hydrogen-bond donors (Lipinski definition) is 1. The summed E-state index contributed by atoms with van der Waals surface area (Å²) in [6, 6.07) is 7.54. The second-order valence-corrected chi connectivity index (χ2v) is 5.78. The number of hydrogen-bond acceptors (Lipinski definition) is 5. The third-order valence-electron chi connectivity index (χ3n) is 4.15. The van der Waals surface area contributed by atoms with Gasteiger partial charge in [-0.25, -0.2) is 4.98 Å². The fourth-order valence-corrected chi connectivity index (χ4v) is 2.77. The number of methoxy groups -OCH3 is 1. The van der Waals surface area contributed by atoms with Gasteiger partial charge in [-0.1, -0.05) is 6.07 Å². The fraction of sp³-hybridized carbons (Fsp3) is 0.353. The Kier molecular flexibility index (Phi) is 4.66. The molecule has 0 unspecified atom stereocenters. The van der Waals surface area contributed by atoms with Crippen LogP contribution in [0.25, 0.3) is 5.69 Å². The molecule has 0 aliphatic carbocycles. The minimum absolute atomic E-state index is 0.202. The number of carbonyl (C=O) groups is 1. The number of nitrogens with zero attached hydrogens (tertiary/aromatic N) is 4. The van der Waals surface area contributed by atoms with Crippen molar-refractivity contribution in [3.8, 4) is 17.6 Å². The monoisotopic (exact) mass is 325 g/mol. The topological polar surface area (TPSA) is 83.2 Å². The van der Waals surface area contributed by atoms with Gasteiger partial charge in [0.05, 0.1) is 12.8 Å². The van der Waals surface area contributed by atoms with Gasteiger partial charge in [-0.3, -0.25) is 4.79 Å². The lowest BCUT2D eigenvalue weighted by molar-refractivity contribution is 0.0943. The van der Waals surface area contributed by atoms with Gasteiger partial charge in [-0.05, 0) is 24.5 Å². The Balaban J connectivity index is 1.60. The smallest absolute Gasteiger partial charge is 0.271 e. The van der Waals surface area contributed by atoms with Gasteiger partial charge < -0.3 is 19.5 Å². The summed E-state index contributed by atoms with van der Waals surface area (Å²) in [6.45, 7) is 2.03. The van der Waals surface area contributed by atoms with Crippen LogP contribution in [-0.2, 0) is 0 Å². The first kappa shape index (κ1) is 15.9. The molecule has 1 aliphatic rings. The molecule has 1 aromatic heterocycles. The van der Waals surface area contributed by atoms with E-state index in [4.69, 9.17) is 10.00 Å². The zero-order valence-corrected chi connectivity index (χ0v) is 13.5. The largest absolute Gasteiger partial charge is 0.497 e.